The second-order valence-corrected chi connectivity index (χ2v) is 3.80. The molecule has 1 aromatic rings. The van der Waals surface area contributed by atoms with Crippen LogP contribution in [0.15, 0.2) is 12.3 Å². The molecule has 1 aromatic heterocycles. The molecule has 1 heterocycles. The molecule has 0 saturated heterocycles. The summed E-state index contributed by atoms with van der Waals surface area (Å²) in [6.45, 7) is 4.65. The molecular formula is C10H18N4O. The molecule has 5 heteroatoms. The molecule has 1 amide bonds. The summed E-state index contributed by atoms with van der Waals surface area (Å²) in [5, 5.41) is 12.5. The number of nitrogens with zero attached hydrogens (tertiary/aromatic N) is 1. The molecule has 0 spiro atoms. The van der Waals surface area contributed by atoms with Gasteiger partial charge in [0.25, 0.3) is 0 Å². The van der Waals surface area contributed by atoms with Gasteiger partial charge in [0, 0.05) is 25.5 Å². The fraction of sp³-hybridized carbons (Fsp3) is 0.600. The Kier molecular flexibility index (Phi) is 4.30. The number of hydrogen-bond acceptors (Lipinski definition) is 3. The third-order valence-electron chi connectivity index (χ3n) is 2.27. The Labute approximate surface area is 89.6 Å². The molecule has 84 valence electrons. The minimum Gasteiger partial charge on any atom is -0.358 e. The first-order chi connectivity index (χ1) is 7.15. The van der Waals surface area contributed by atoms with E-state index >= 15 is 0 Å². The van der Waals surface area contributed by atoms with Crippen LogP contribution in [0.3, 0.4) is 0 Å². The van der Waals surface area contributed by atoms with Crippen molar-refractivity contribution in [1.29, 1.82) is 0 Å². The molecule has 3 N–H and O–H groups in total. The van der Waals surface area contributed by atoms with Gasteiger partial charge in [-0.25, -0.2) is 0 Å². The lowest BCUT2D eigenvalue weighted by molar-refractivity contribution is -0.123. The summed E-state index contributed by atoms with van der Waals surface area (Å²) in [7, 11) is 1.65. The van der Waals surface area contributed by atoms with Crippen LogP contribution < -0.4 is 10.6 Å². The van der Waals surface area contributed by atoms with Crippen molar-refractivity contribution in [3.05, 3.63) is 18.0 Å². The second kappa shape index (κ2) is 5.50. The van der Waals surface area contributed by atoms with E-state index in [4.69, 9.17) is 0 Å². The molecule has 0 fully saturated rings. The van der Waals surface area contributed by atoms with E-state index in [1.54, 1.807) is 13.2 Å². The lowest BCUT2D eigenvalue weighted by atomic mass is 10.0. The number of nitrogens with one attached hydrogen (secondary N) is 3. The first-order valence-electron chi connectivity index (χ1n) is 5.08. The maximum Gasteiger partial charge on any atom is 0.237 e. The average molecular weight is 210 g/mol. The zero-order valence-electron chi connectivity index (χ0n) is 9.37. The van der Waals surface area contributed by atoms with Gasteiger partial charge in [0.1, 0.15) is 0 Å². The summed E-state index contributed by atoms with van der Waals surface area (Å²) in [6.07, 6.45) is 1.70. The third-order valence-corrected chi connectivity index (χ3v) is 2.27. The van der Waals surface area contributed by atoms with Gasteiger partial charge in [-0.15, -0.1) is 0 Å². The van der Waals surface area contributed by atoms with Crippen molar-refractivity contribution < 1.29 is 4.79 Å². The van der Waals surface area contributed by atoms with E-state index < -0.39 is 0 Å². The zero-order valence-corrected chi connectivity index (χ0v) is 9.37. The molecule has 1 atom stereocenters. The van der Waals surface area contributed by atoms with Crippen LogP contribution in [0.25, 0.3) is 0 Å². The highest BCUT2D eigenvalue weighted by Gasteiger charge is 2.20. The number of amides is 1. The summed E-state index contributed by atoms with van der Waals surface area (Å²) in [4.78, 5) is 11.5. The number of aromatic nitrogens is 2. The summed E-state index contributed by atoms with van der Waals surface area (Å²) < 4.78 is 0. The molecular weight excluding hydrogens is 192 g/mol. The number of aromatic amines is 1. The monoisotopic (exact) mass is 210 g/mol. The van der Waals surface area contributed by atoms with Crippen molar-refractivity contribution in [2.75, 3.05) is 7.05 Å². The molecule has 1 unspecified atom stereocenters. The Morgan fingerprint density at radius 2 is 2.33 bits per heavy atom. The maximum atomic E-state index is 11.5. The van der Waals surface area contributed by atoms with Crippen LogP contribution in [0.5, 0.6) is 0 Å². The van der Waals surface area contributed by atoms with Crippen LogP contribution in [0, 0.1) is 5.92 Å². The lowest BCUT2D eigenvalue weighted by Gasteiger charge is -2.20. The predicted molar refractivity (Wildman–Crippen MR) is 58.1 cm³/mol. The molecule has 0 aliphatic carbocycles. The van der Waals surface area contributed by atoms with Crippen LogP contribution >= 0.6 is 0 Å². The second-order valence-electron chi connectivity index (χ2n) is 3.80. The van der Waals surface area contributed by atoms with Crippen molar-refractivity contribution in [3.8, 4) is 0 Å². The highest BCUT2D eigenvalue weighted by Crippen LogP contribution is 2.03. The topological polar surface area (TPSA) is 69.8 Å². The van der Waals surface area contributed by atoms with Crippen LogP contribution in [0.2, 0.25) is 0 Å². The molecule has 0 aliphatic rings. The van der Waals surface area contributed by atoms with Crippen molar-refractivity contribution in [3.63, 3.8) is 0 Å². The summed E-state index contributed by atoms with van der Waals surface area (Å²) in [5.74, 6) is 0.275. The molecule has 0 radical (unpaired) electrons. The lowest BCUT2D eigenvalue weighted by Crippen LogP contribution is -2.46. The molecule has 0 saturated carbocycles. The highest BCUT2D eigenvalue weighted by atomic mass is 16.2. The van der Waals surface area contributed by atoms with Gasteiger partial charge in [-0.2, -0.15) is 5.10 Å². The first-order valence-corrected chi connectivity index (χ1v) is 5.08. The Bertz CT molecular complexity index is 294. The van der Waals surface area contributed by atoms with Gasteiger partial charge in [-0.1, -0.05) is 13.8 Å². The van der Waals surface area contributed by atoms with E-state index in [2.05, 4.69) is 20.8 Å². The summed E-state index contributed by atoms with van der Waals surface area (Å²) >= 11 is 0. The summed E-state index contributed by atoms with van der Waals surface area (Å²) in [5.41, 5.74) is 0.976. The van der Waals surface area contributed by atoms with Crippen molar-refractivity contribution >= 4 is 5.91 Å². The van der Waals surface area contributed by atoms with Gasteiger partial charge in [0.15, 0.2) is 0 Å². The predicted octanol–water partition coefficient (Wildman–Crippen LogP) is 0.270. The normalized spacial score (nSPS) is 12.8. The van der Waals surface area contributed by atoms with Crippen molar-refractivity contribution in [2.24, 2.45) is 5.92 Å². The molecule has 0 bridgehead atoms. The number of carbonyl (C=O) groups is 1. The van der Waals surface area contributed by atoms with Gasteiger partial charge < -0.3 is 5.32 Å². The Balaban J connectivity index is 2.49. The molecule has 0 aliphatic heterocycles. The fourth-order valence-corrected chi connectivity index (χ4v) is 1.39. The van der Waals surface area contributed by atoms with E-state index in [1.807, 2.05) is 19.9 Å². The molecule has 15 heavy (non-hydrogen) atoms. The van der Waals surface area contributed by atoms with E-state index in [0.29, 0.717) is 6.54 Å². The van der Waals surface area contributed by atoms with Crippen LogP contribution in [-0.4, -0.2) is 29.2 Å². The molecule has 1 rings (SSSR count). The van der Waals surface area contributed by atoms with Crippen molar-refractivity contribution in [1.82, 2.24) is 20.8 Å². The van der Waals surface area contributed by atoms with Crippen molar-refractivity contribution in [2.45, 2.75) is 26.4 Å². The van der Waals surface area contributed by atoms with E-state index in [-0.39, 0.29) is 17.9 Å². The smallest absolute Gasteiger partial charge is 0.237 e. The van der Waals surface area contributed by atoms with Gasteiger partial charge in [0.2, 0.25) is 5.91 Å². The number of H-pyrrole nitrogens is 1. The minimum atomic E-state index is -0.168. The number of likely N-dealkylation sites (N-methyl/N-ethyl adjacent to an activating group) is 1. The van der Waals surface area contributed by atoms with Gasteiger partial charge in [-0.05, 0) is 12.0 Å². The number of carbonyl (C=O) groups excluding carboxylic acids is 1. The van der Waals surface area contributed by atoms with Crippen LogP contribution in [0.1, 0.15) is 19.5 Å². The first kappa shape index (κ1) is 11.7. The summed E-state index contributed by atoms with van der Waals surface area (Å²) in [6, 6.07) is 1.71. The number of rotatable bonds is 5. The van der Waals surface area contributed by atoms with E-state index in [9.17, 15) is 4.79 Å². The fourth-order valence-electron chi connectivity index (χ4n) is 1.39. The van der Waals surface area contributed by atoms with Gasteiger partial charge in [-0.3, -0.25) is 15.2 Å². The van der Waals surface area contributed by atoms with Gasteiger partial charge in [0.05, 0.1) is 6.04 Å². The SMILES string of the molecule is CNC(=O)C(NCc1ccn[nH]1)C(C)C. The van der Waals surface area contributed by atoms with Crippen LogP contribution in [0.4, 0.5) is 0 Å². The van der Waals surface area contributed by atoms with E-state index in [0.717, 1.165) is 5.69 Å². The number of hydrogen-bond donors (Lipinski definition) is 3. The largest absolute Gasteiger partial charge is 0.358 e. The quantitative estimate of drug-likeness (QED) is 0.653. The zero-order chi connectivity index (χ0) is 11.3. The highest BCUT2D eigenvalue weighted by molar-refractivity contribution is 5.81. The Hall–Kier alpha value is -1.36. The maximum absolute atomic E-state index is 11.5. The van der Waals surface area contributed by atoms with Crippen LogP contribution in [-0.2, 0) is 11.3 Å². The third kappa shape index (κ3) is 3.36. The molecule has 5 nitrogen and oxygen atoms in total. The Morgan fingerprint density at radius 1 is 1.60 bits per heavy atom. The average Bonchev–Trinajstić information content (AvgIpc) is 2.70. The molecule has 0 aromatic carbocycles. The van der Waals surface area contributed by atoms with E-state index in [1.165, 1.54) is 0 Å². The standard InChI is InChI=1S/C10H18N4O/c1-7(2)9(10(15)11-3)12-6-8-4-5-13-14-8/h4-5,7,9,12H,6H2,1-3H3,(H,11,15)(H,13,14). The van der Waals surface area contributed by atoms with Gasteiger partial charge >= 0.3 is 0 Å². The Morgan fingerprint density at radius 3 is 2.80 bits per heavy atom. The minimum absolute atomic E-state index is 0.0181.